The lowest BCUT2D eigenvalue weighted by molar-refractivity contribution is -0.132. The quantitative estimate of drug-likeness (QED) is 0.817. The molecule has 2 rings (SSSR count). The third-order valence-electron chi connectivity index (χ3n) is 4.19. The van der Waals surface area contributed by atoms with E-state index in [1.54, 1.807) is 6.07 Å². The lowest BCUT2D eigenvalue weighted by Gasteiger charge is -2.30. The molecular formula is C17H25BrFN3O. The van der Waals surface area contributed by atoms with Crippen LogP contribution >= 0.6 is 15.9 Å². The molecule has 1 aliphatic rings. The number of hydrogen-bond donors (Lipinski definition) is 1. The van der Waals surface area contributed by atoms with Gasteiger partial charge < -0.3 is 10.2 Å². The zero-order valence-corrected chi connectivity index (χ0v) is 15.4. The Labute approximate surface area is 146 Å². The van der Waals surface area contributed by atoms with Gasteiger partial charge in [0.15, 0.2) is 0 Å². The van der Waals surface area contributed by atoms with Crippen molar-refractivity contribution >= 4 is 21.8 Å². The van der Waals surface area contributed by atoms with Crippen molar-refractivity contribution in [3.8, 4) is 0 Å². The van der Waals surface area contributed by atoms with E-state index in [4.69, 9.17) is 0 Å². The van der Waals surface area contributed by atoms with E-state index < -0.39 is 0 Å². The molecule has 0 aliphatic carbocycles. The highest BCUT2D eigenvalue weighted by Crippen LogP contribution is 2.18. The van der Waals surface area contributed by atoms with E-state index in [0.29, 0.717) is 25.1 Å². The van der Waals surface area contributed by atoms with Crippen LogP contribution in [0.4, 0.5) is 4.39 Å². The average Bonchev–Trinajstić information content (AvgIpc) is 2.54. The minimum absolute atomic E-state index is 0.187. The van der Waals surface area contributed by atoms with E-state index in [1.807, 2.05) is 11.0 Å². The number of nitrogens with one attached hydrogen (secondary N) is 1. The molecule has 1 amide bonds. The van der Waals surface area contributed by atoms with Crippen molar-refractivity contribution in [1.82, 2.24) is 15.1 Å². The SMILES string of the molecule is CC(C)N(CCC(=O)N1CCNCC1)Cc1cc(Br)ccc1F. The number of halogens is 2. The topological polar surface area (TPSA) is 35.6 Å². The lowest BCUT2D eigenvalue weighted by atomic mass is 10.1. The lowest BCUT2D eigenvalue weighted by Crippen LogP contribution is -2.47. The Balaban J connectivity index is 1.93. The average molecular weight is 386 g/mol. The zero-order chi connectivity index (χ0) is 16.8. The van der Waals surface area contributed by atoms with Crippen molar-refractivity contribution in [1.29, 1.82) is 0 Å². The molecule has 0 radical (unpaired) electrons. The third-order valence-corrected chi connectivity index (χ3v) is 4.69. The number of benzene rings is 1. The Kier molecular flexibility index (Phi) is 6.99. The number of amides is 1. The number of piperazine rings is 1. The second-order valence-corrected chi connectivity index (χ2v) is 7.10. The van der Waals surface area contributed by atoms with Gasteiger partial charge in [-0.1, -0.05) is 15.9 Å². The smallest absolute Gasteiger partial charge is 0.223 e. The molecule has 1 saturated heterocycles. The first-order valence-corrected chi connectivity index (χ1v) is 8.93. The fourth-order valence-corrected chi connectivity index (χ4v) is 3.12. The fourth-order valence-electron chi connectivity index (χ4n) is 2.71. The molecular weight excluding hydrogens is 361 g/mol. The van der Waals surface area contributed by atoms with Crippen molar-refractivity contribution < 1.29 is 9.18 Å². The summed E-state index contributed by atoms with van der Waals surface area (Å²) in [4.78, 5) is 16.3. The number of rotatable bonds is 6. The van der Waals surface area contributed by atoms with Crippen LogP contribution in [0, 0.1) is 5.82 Å². The maximum absolute atomic E-state index is 14.0. The molecule has 0 unspecified atom stereocenters. The first kappa shape index (κ1) is 18.4. The summed E-state index contributed by atoms with van der Waals surface area (Å²) in [6, 6.07) is 5.24. The van der Waals surface area contributed by atoms with E-state index >= 15 is 0 Å². The molecule has 0 aromatic heterocycles. The maximum atomic E-state index is 14.0. The molecule has 0 bridgehead atoms. The third kappa shape index (κ3) is 5.55. The molecule has 1 aromatic rings. The van der Waals surface area contributed by atoms with Gasteiger partial charge in [-0.3, -0.25) is 9.69 Å². The fraction of sp³-hybridized carbons (Fsp3) is 0.588. The van der Waals surface area contributed by atoms with Gasteiger partial charge in [0, 0.05) is 61.8 Å². The summed E-state index contributed by atoms with van der Waals surface area (Å²) in [5, 5.41) is 3.25. The van der Waals surface area contributed by atoms with Crippen LogP contribution in [0.2, 0.25) is 0 Å². The Hall–Kier alpha value is -0.980. The summed E-state index contributed by atoms with van der Waals surface area (Å²) in [5.41, 5.74) is 0.655. The molecule has 1 heterocycles. The van der Waals surface area contributed by atoms with Gasteiger partial charge in [-0.15, -0.1) is 0 Å². The highest BCUT2D eigenvalue weighted by Gasteiger charge is 2.19. The minimum atomic E-state index is -0.202. The van der Waals surface area contributed by atoms with Gasteiger partial charge in [0.2, 0.25) is 5.91 Å². The summed E-state index contributed by atoms with van der Waals surface area (Å²) in [5.74, 6) is -0.0147. The van der Waals surface area contributed by atoms with Gasteiger partial charge in [-0.05, 0) is 32.0 Å². The molecule has 0 spiro atoms. The minimum Gasteiger partial charge on any atom is -0.340 e. The summed E-state index contributed by atoms with van der Waals surface area (Å²) < 4.78 is 14.8. The van der Waals surface area contributed by atoms with Crippen molar-refractivity contribution in [3.63, 3.8) is 0 Å². The molecule has 1 N–H and O–H groups in total. The molecule has 1 fully saturated rings. The van der Waals surface area contributed by atoms with Crippen molar-refractivity contribution in [2.75, 3.05) is 32.7 Å². The molecule has 0 atom stereocenters. The molecule has 23 heavy (non-hydrogen) atoms. The van der Waals surface area contributed by atoms with Crippen LogP contribution in [-0.4, -0.2) is 54.5 Å². The first-order valence-electron chi connectivity index (χ1n) is 8.14. The molecule has 128 valence electrons. The molecule has 1 aliphatic heterocycles. The van der Waals surface area contributed by atoms with Gasteiger partial charge in [0.1, 0.15) is 5.82 Å². The molecule has 4 nitrogen and oxygen atoms in total. The van der Waals surface area contributed by atoms with Crippen molar-refractivity contribution in [2.45, 2.75) is 32.9 Å². The summed E-state index contributed by atoms with van der Waals surface area (Å²) in [6.07, 6.45) is 0.480. The highest BCUT2D eigenvalue weighted by molar-refractivity contribution is 9.10. The number of nitrogens with zero attached hydrogens (tertiary/aromatic N) is 2. The van der Waals surface area contributed by atoms with Gasteiger partial charge >= 0.3 is 0 Å². The Bertz CT molecular complexity index is 533. The molecule has 0 saturated carbocycles. The van der Waals surface area contributed by atoms with Crippen LogP contribution in [0.5, 0.6) is 0 Å². The highest BCUT2D eigenvalue weighted by atomic mass is 79.9. The summed E-state index contributed by atoms with van der Waals surface area (Å²) in [6.45, 7) is 8.59. The maximum Gasteiger partial charge on any atom is 0.223 e. The first-order chi connectivity index (χ1) is 11.0. The second-order valence-electron chi connectivity index (χ2n) is 6.18. The number of hydrogen-bond acceptors (Lipinski definition) is 3. The summed E-state index contributed by atoms with van der Waals surface area (Å²) in [7, 11) is 0. The van der Waals surface area contributed by atoms with Crippen molar-refractivity contribution in [2.24, 2.45) is 0 Å². The van der Waals surface area contributed by atoms with Crippen LogP contribution in [-0.2, 0) is 11.3 Å². The number of carbonyl (C=O) groups excluding carboxylic acids is 1. The standard InChI is InChI=1S/C17H25BrFN3O/c1-13(2)22(12-14-11-15(18)3-4-16(14)19)8-5-17(23)21-9-6-20-7-10-21/h3-4,11,13,20H,5-10,12H2,1-2H3. The van der Waals surface area contributed by atoms with Crippen LogP contribution < -0.4 is 5.32 Å². The van der Waals surface area contributed by atoms with Crippen LogP contribution in [0.1, 0.15) is 25.8 Å². The monoisotopic (exact) mass is 385 g/mol. The van der Waals surface area contributed by atoms with Crippen LogP contribution in [0.15, 0.2) is 22.7 Å². The molecule has 6 heteroatoms. The van der Waals surface area contributed by atoms with E-state index in [9.17, 15) is 9.18 Å². The van der Waals surface area contributed by atoms with Crippen LogP contribution in [0.3, 0.4) is 0 Å². The van der Waals surface area contributed by atoms with Crippen LogP contribution in [0.25, 0.3) is 0 Å². The van der Waals surface area contributed by atoms with E-state index in [2.05, 4.69) is 40.0 Å². The predicted octanol–water partition coefficient (Wildman–Crippen LogP) is 2.62. The Morgan fingerprint density at radius 2 is 2.09 bits per heavy atom. The van der Waals surface area contributed by atoms with Gasteiger partial charge in [0.25, 0.3) is 0 Å². The molecule has 1 aromatic carbocycles. The summed E-state index contributed by atoms with van der Waals surface area (Å²) >= 11 is 3.39. The van der Waals surface area contributed by atoms with E-state index in [-0.39, 0.29) is 17.8 Å². The second kappa shape index (κ2) is 8.76. The van der Waals surface area contributed by atoms with Gasteiger partial charge in [-0.25, -0.2) is 4.39 Å². The van der Waals surface area contributed by atoms with E-state index in [0.717, 1.165) is 30.7 Å². The number of carbonyl (C=O) groups is 1. The van der Waals surface area contributed by atoms with Gasteiger partial charge in [-0.2, -0.15) is 0 Å². The Morgan fingerprint density at radius 3 is 2.74 bits per heavy atom. The Morgan fingerprint density at radius 1 is 1.39 bits per heavy atom. The van der Waals surface area contributed by atoms with Gasteiger partial charge in [0.05, 0.1) is 0 Å². The normalized spacial score (nSPS) is 15.5. The van der Waals surface area contributed by atoms with E-state index in [1.165, 1.54) is 6.07 Å². The van der Waals surface area contributed by atoms with Crippen molar-refractivity contribution in [3.05, 3.63) is 34.1 Å². The largest absolute Gasteiger partial charge is 0.340 e. The zero-order valence-electron chi connectivity index (χ0n) is 13.8. The predicted molar refractivity (Wildman–Crippen MR) is 93.7 cm³/mol.